The predicted molar refractivity (Wildman–Crippen MR) is 37.4 cm³/mol. The van der Waals surface area contributed by atoms with Gasteiger partial charge in [-0.05, 0) is 0 Å². The lowest BCUT2D eigenvalue weighted by atomic mass is 10.4. The predicted octanol–water partition coefficient (Wildman–Crippen LogP) is 0.407. The molecule has 0 atom stereocenters. The fourth-order valence-corrected chi connectivity index (χ4v) is 0.936. The van der Waals surface area contributed by atoms with Gasteiger partial charge in [0.25, 0.3) is 0 Å². The number of carbonyl (C=O) groups is 1. The lowest BCUT2D eigenvalue weighted by molar-refractivity contribution is 0.0686. The van der Waals surface area contributed by atoms with Gasteiger partial charge in [0, 0.05) is 13.2 Å². The van der Waals surface area contributed by atoms with Gasteiger partial charge in [0.2, 0.25) is 0 Å². The summed E-state index contributed by atoms with van der Waals surface area (Å²) in [4.78, 5) is 10.7. The summed E-state index contributed by atoms with van der Waals surface area (Å²) in [7, 11) is 1.64. The smallest absolute Gasteiger partial charge is 0.357 e. The molecule has 4 nitrogen and oxygen atoms in total. The van der Waals surface area contributed by atoms with Crippen molar-refractivity contribution in [2.45, 2.75) is 4.90 Å². The molecule has 1 rings (SSSR count). The molecule has 0 amide bonds. The SMILES string of the molecule is Cn1cc(S)c(C(=O)O)n1. The summed E-state index contributed by atoms with van der Waals surface area (Å²) in [5.74, 6) is -1.05. The van der Waals surface area contributed by atoms with Crippen LogP contribution in [0.25, 0.3) is 0 Å². The van der Waals surface area contributed by atoms with Crippen LogP contribution in [0.4, 0.5) is 0 Å². The van der Waals surface area contributed by atoms with Crippen LogP contribution in [0.15, 0.2) is 11.1 Å². The summed E-state index contributed by atoms with van der Waals surface area (Å²) in [5.41, 5.74) is -0.00849. The minimum Gasteiger partial charge on any atom is -0.476 e. The van der Waals surface area contributed by atoms with Crippen molar-refractivity contribution in [3.63, 3.8) is 0 Å². The zero-order chi connectivity index (χ0) is 7.72. The second-order valence-electron chi connectivity index (χ2n) is 1.84. The summed E-state index contributed by atoms with van der Waals surface area (Å²) in [6.07, 6.45) is 1.53. The van der Waals surface area contributed by atoms with Crippen molar-refractivity contribution in [3.8, 4) is 0 Å². The van der Waals surface area contributed by atoms with Crippen LogP contribution in [0.3, 0.4) is 0 Å². The second-order valence-corrected chi connectivity index (χ2v) is 2.32. The van der Waals surface area contributed by atoms with E-state index in [-0.39, 0.29) is 5.69 Å². The molecule has 0 unspecified atom stereocenters. The fourth-order valence-electron chi connectivity index (χ4n) is 0.628. The lowest BCUT2D eigenvalue weighted by Gasteiger charge is -1.84. The van der Waals surface area contributed by atoms with Crippen molar-refractivity contribution >= 4 is 18.6 Å². The molecule has 5 heteroatoms. The largest absolute Gasteiger partial charge is 0.476 e. The number of nitrogens with zero attached hydrogens (tertiary/aromatic N) is 2. The highest BCUT2D eigenvalue weighted by molar-refractivity contribution is 7.80. The summed E-state index contributed by atoms with van der Waals surface area (Å²) >= 11 is 3.89. The van der Waals surface area contributed by atoms with Crippen LogP contribution >= 0.6 is 12.6 Å². The highest BCUT2D eigenvalue weighted by Crippen LogP contribution is 2.09. The van der Waals surface area contributed by atoms with Gasteiger partial charge in [-0.3, -0.25) is 4.68 Å². The van der Waals surface area contributed by atoms with E-state index in [4.69, 9.17) is 5.11 Å². The Labute approximate surface area is 62.9 Å². The molecule has 0 aliphatic carbocycles. The van der Waals surface area contributed by atoms with Crippen LogP contribution in [-0.2, 0) is 7.05 Å². The Morgan fingerprint density at radius 1 is 1.90 bits per heavy atom. The standard InChI is InChI=1S/C5H6N2O2S/c1-7-2-3(10)4(6-7)5(8)9/h2,10H,1H3,(H,8,9). The lowest BCUT2D eigenvalue weighted by Crippen LogP contribution is -1.99. The molecule has 0 radical (unpaired) electrons. The molecule has 0 saturated heterocycles. The second kappa shape index (κ2) is 2.34. The third kappa shape index (κ3) is 1.13. The number of aryl methyl sites for hydroxylation is 1. The third-order valence-electron chi connectivity index (χ3n) is 1.01. The van der Waals surface area contributed by atoms with Crippen molar-refractivity contribution in [3.05, 3.63) is 11.9 Å². The first-order valence-electron chi connectivity index (χ1n) is 2.57. The molecule has 1 aromatic rings. The van der Waals surface area contributed by atoms with E-state index in [2.05, 4.69) is 17.7 Å². The Kier molecular flexibility index (Phi) is 1.67. The Morgan fingerprint density at radius 3 is 2.70 bits per heavy atom. The molecule has 1 heterocycles. The zero-order valence-corrected chi connectivity index (χ0v) is 6.17. The van der Waals surface area contributed by atoms with Gasteiger partial charge < -0.3 is 5.11 Å². The van der Waals surface area contributed by atoms with Gasteiger partial charge in [-0.25, -0.2) is 4.79 Å². The van der Waals surface area contributed by atoms with E-state index in [0.29, 0.717) is 4.90 Å². The van der Waals surface area contributed by atoms with Crippen molar-refractivity contribution in [2.75, 3.05) is 0 Å². The molecule has 1 aromatic heterocycles. The van der Waals surface area contributed by atoms with Gasteiger partial charge in [0.05, 0.1) is 4.90 Å². The van der Waals surface area contributed by atoms with Gasteiger partial charge in [-0.15, -0.1) is 12.6 Å². The first kappa shape index (κ1) is 7.14. The van der Waals surface area contributed by atoms with Crippen LogP contribution in [0, 0.1) is 0 Å². The molecular formula is C5H6N2O2S. The topological polar surface area (TPSA) is 55.1 Å². The van der Waals surface area contributed by atoms with E-state index in [1.807, 2.05) is 0 Å². The fraction of sp³-hybridized carbons (Fsp3) is 0.200. The van der Waals surface area contributed by atoms with Crippen molar-refractivity contribution in [2.24, 2.45) is 7.05 Å². The molecule has 54 valence electrons. The number of carboxylic acids is 1. The monoisotopic (exact) mass is 158 g/mol. The van der Waals surface area contributed by atoms with E-state index < -0.39 is 5.97 Å². The van der Waals surface area contributed by atoms with Crippen LogP contribution in [0.1, 0.15) is 10.5 Å². The molecule has 0 aliphatic rings. The van der Waals surface area contributed by atoms with Gasteiger partial charge in [0.15, 0.2) is 5.69 Å². The zero-order valence-electron chi connectivity index (χ0n) is 5.27. The number of aromatic carboxylic acids is 1. The maximum absolute atomic E-state index is 10.3. The van der Waals surface area contributed by atoms with Gasteiger partial charge in [-0.2, -0.15) is 5.10 Å². The van der Waals surface area contributed by atoms with Crippen molar-refractivity contribution in [1.29, 1.82) is 0 Å². The van der Waals surface area contributed by atoms with Crippen LogP contribution in [0.5, 0.6) is 0 Å². The van der Waals surface area contributed by atoms with Gasteiger partial charge in [-0.1, -0.05) is 0 Å². The van der Waals surface area contributed by atoms with Crippen molar-refractivity contribution < 1.29 is 9.90 Å². The Hall–Kier alpha value is -0.970. The molecule has 0 fully saturated rings. The highest BCUT2D eigenvalue weighted by Gasteiger charge is 2.10. The third-order valence-corrected chi connectivity index (χ3v) is 1.34. The summed E-state index contributed by atoms with van der Waals surface area (Å²) in [5, 5.41) is 12.1. The van der Waals surface area contributed by atoms with Crippen LogP contribution < -0.4 is 0 Å². The normalized spacial score (nSPS) is 9.80. The Morgan fingerprint density at radius 2 is 2.50 bits per heavy atom. The minimum absolute atomic E-state index is 0.00849. The molecule has 0 spiro atoms. The molecule has 0 bridgehead atoms. The minimum atomic E-state index is -1.05. The number of carboxylic acid groups (broad SMARTS) is 1. The number of rotatable bonds is 1. The quantitative estimate of drug-likeness (QED) is 0.582. The molecule has 0 aromatic carbocycles. The number of hydrogen-bond donors (Lipinski definition) is 2. The number of aromatic nitrogens is 2. The van der Waals surface area contributed by atoms with E-state index >= 15 is 0 Å². The number of hydrogen-bond acceptors (Lipinski definition) is 3. The maximum Gasteiger partial charge on any atom is 0.357 e. The van der Waals surface area contributed by atoms with E-state index in [1.165, 1.54) is 10.9 Å². The molecule has 1 N–H and O–H groups in total. The van der Waals surface area contributed by atoms with Crippen LogP contribution in [0.2, 0.25) is 0 Å². The highest BCUT2D eigenvalue weighted by atomic mass is 32.1. The molecule has 0 saturated carbocycles. The Balaban J connectivity index is 3.15. The van der Waals surface area contributed by atoms with Crippen LogP contribution in [-0.4, -0.2) is 20.9 Å². The van der Waals surface area contributed by atoms with E-state index in [9.17, 15) is 4.79 Å². The first-order valence-corrected chi connectivity index (χ1v) is 3.02. The molecular weight excluding hydrogens is 152 g/mol. The van der Waals surface area contributed by atoms with Crippen molar-refractivity contribution in [1.82, 2.24) is 9.78 Å². The van der Waals surface area contributed by atoms with Gasteiger partial charge in [0.1, 0.15) is 0 Å². The van der Waals surface area contributed by atoms with Gasteiger partial charge >= 0.3 is 5.97 Å². The summed E-state index contributed by atoms with van der Waals surface area (Å²) in [6, 6.07) is 0. The molecule has 0 aliphatic heterocycles. The maximum atomic E-state index is 10.3. The average molecular weight is 158 g/mol. The Bertz CT molecular complexity index is 269. The first-order chi connectivity index (χ1) is 4.61. The summed E-state index contributed by atoms with van der Waals surface area (Å²) in [6.45, 7) is 0. The van der Waals surface area contributed by atoms with E-state index in [1.54, 1.807) is 7.05 Å². The molecule has 10 heavy (non-hydrogen) atoms. The average Bonchev–Trinajstić information content (AvgIpc) is 2.10. The summed E-state index contributed by atoms with van der Waals surface area (Å²) < 4.78 is 1.41. The van der Waals surface area contributed by atoms with E-state index in [0.717, 1.165) is 0 Å². The number of thiol groups is 1.